The van der Waals surface area contributed by atoms with Crippen LogP contribution in [-0.4, -0.2) is 35.4 Å². The summed E-state index contributed by atoms with van der Waals surface area (Å²) in [5.74, 6) is 1.34. The molecule has 0 saturated heterocycles. The van der Waals surface area contributed by atoms with E-state index in [1.165, 1.54) is 6.08 Å². The van der Waals surface area contributed by atoms with Crippen LogP contribution in [0.2, 0.25) is 0 Å². The second kappa shape index (κ2) is 8.15. The van der Waals surface area contributed by atoms with Gasteiger partial charge in [0.05, 0.1) is 11.5 Å². The number of amides is 2. The quantitative estimate of drug-likeness (QED) is 0.602. The number of carbonyl (C=O) groups excluding carboxylic acids is 2. The number of hydrogen-bond donors (Lipinski definition) is 1. The molecule has 0 fully saturated rings. The molecule has 0 saturated carbocycles. The third kappa shape index (κ3) is 3.98. The van der Waals surface area contributed by atoms with Gasteiger partial charge in [0.2, 0.25) is 11.8 Å². The maximum absolute atomic E-state index is 12.8. The van der Waals surface area contributed by atoms with Crippen LogP contribution in [0.1, 0.15) is 43.7 Å². The van der Waals surface area contributed by atoms with E-state index in [0.29, 0.717) is 17.1 Å². The number of carbonyl (C=O) groups is 2. The standard InChI is InChI=1S/C25H27N3O4/c1-15-18-8-6-7-9-19(18)32-22(15)16(2)28(5)21(29)11-10-17-12-20-23(26-13-17)27-24(30)25(3,4)14-31-20/h6-13,16H,14H2,1-5H3,(H,26,27,30)/b11-10+. The van der Waals surface area contributed by atoms with Crippen LogP contribution in [0.15, 0.2) is 47.0 Å². The number of benzene rings is 1. The van der Waals surface area contributed by atoms with Gasteiger partial charge < -0.3 is 19.4 Å². The Bertz CT molecular complexity index is 1230. The van der Waals surface area contributed by atoms with Crippen molar-refractivity contribution in [1.82, 2.24) is 9.88 Å². The van der Waals surface area contributed by atoms with Crippen LogP contribution in [0.5, 0.6) is 5.75 Å². The van der Waals surface area contributed by atoms with Gasteiger partial charge in [0.25, 0.3) is 0 Å². The third-order valence-corrected chi connectivity index (χ3v) is 5.92. The topological polar surface area (TPSA) is 84.7 Å². The molecule has 1 aliphatic rings. The Balaban J connectivity index is 1.50. The van der Waals surface area contributed by atoms with Crippen molar-refractivity contribution in [3.8, 4) is 5.75 Å². The first-order valence-electron chi connectivity index (χ1n) is 10.5. The molecule has 4 rings (SSSR count). The second-order valence-electron chi connectivity index (χ2n) is 8.79. The Morgan fingerprint density at radius 2 is 2.06 bits per heavy atom. The zero-order chi connectivity index (χ0) is 23.0. The number of aromatic nitrogens is 1. The van der Waals surface area contributed by atoms with Gasteiger partial charge in [-0.25, -0.2) is 4.98 Å². The number of nitrogens with zero attached hydrogens (tertiary/aromatic N) is 2. The first-order chi connectivity index (χ1) is 15.2. The molecule has 3 heterocycles. The Labute approximate surface area is 187 Å². The monoisotopic (exact) mass is 433 g/mol. The van der Waals surface area contributed by atoms with Crippen LogP contribution in [0, 0.1) is 12.3 Å². The Hall–Kier alpha value is -3.61. The number of para-hydroxylation sites is 1. The van der Waals surface area contributed by atoms with Crippen molar-refractivity contribution in [2.45, 2.75) is 33.7 Å². The van der Waals surface area contributed by atoms with E-state index in [1.54, 1.807) is 30.3 Å². The van der Waals surface area contributed by atoms with Gasteiger partial charge in [-0.1, -0.05) is 18.2 Å². The maximum atomic E-state index is 12.8. The molecule has 1 aromatic carbocycles. The van der Waals surface area contributed by atoms with Crippen LogP contribution in [-0.2, 0) is 9.59 Å². The highest BCUT2D eigenvalue weighted by Crippen LogP contribution is 2.33. The number of ether oxygens (including phenoxy) is 1. The lowest BCUT2D eigenvalue weighted by molar-refractivity contribution is -0.127. The molecule has 166 valence electrons. The molecule has 0 aliphatic carbocycles. The SMILES string of the molecule is Cc1c(C(C)N(C)C(=O)/C=C/c2cnc3c(c2)OCC(C)(C)C(=O)N3)oc2ccccc12. The third-order valence-electron chi connectivity index (χ3n) is 5.92. The van der Waals surface area contributed by atoms with Crippen molar-refractivity contribution in [1.29, 1.82) is 0 Å². The van der Waals surface area contributed by atoms with Crippen LogP contribution < -0.4 is 10.1 Å². The number of furan rings is 1. The van der Waals surface area contributed by atoms with E-state index in [-0.39, 0.29) is 24.5 Å². The fourth-order valence-electron chi connectivity index (χ4n) is 3.60. The van der Waals surface area contributed by atoms with E-state index < -0.39 is 5.41 Å². The highest BCUT2D eigenvalue weighted by Gasteiger charge is 2.33. The minimum atomic E-state index is -0.652. The van der Waals surface area contributed by atoms with Crippen LogP contribution in [0.3, 0.4) is 0 Å². The van der Waals surface area contributed by atoms with Gasteiger partial charge in [-0.3, -0.25) is 9.59 Å². The van der Waals surface area contributed by atoms with E-state index >= 15 is 0 Å². The largest absolute Gasteiger partial charge is 0.489 e. The molecule has 7 nitrogen and oxygen atoms in total. The fraction of sp³-hybridized carbons (Fsp3) is 0.320. The molecule has 2 amide bonds. The van der Waals surface area contributed by atoms with E-state index in [2.05, 4.69) is 10.3 Å². The summed E-state index contributed by atoms with van der Waals surface area (Å²) in [5.41, 5.74) is 1.90. The zero-order valence-corrected chi connectivity index (χ0v) is 18.9. The predicted octanol–water partition coefficient (Wildman–Crippen LogP) is 4.73. The molecule has 3 aromatic rings. The summed E-state index contributed by atoms with van der Waals surface area (Å²) in [6.07, 6.45) is 4.78. The molecule has 0 bridgehead atoms. The summed E-state index contributed by atoms with van der Waals surface area (Å²) in [5, 5.41) is 3.84. The molecule has 0 spiro atoms. The minimum absolute atomic E-state index is 0.140. The number of hydrogen-bond acceptors (Lipinski definition) is 5. The van der Waals surface area contributed by atoms with E-state index in [4.69, 9.17) is 9.15 Å². The summed E-state index contributed by atoms with van der Waals surface area (Å²) in [4.78, 5) is 31.0. The highest BCUT2D eigenvalue weighted by atomic mass is 16.5. The smallest absolute Gasteiger partial charge is 0.246 e. The molecule has 0 radical (unpaired) electrons. The normalized spacial score (nSPS) is 16.2. The van der Waals surface area contributed by atoms with E-state index in [1.807, 2.05) is 52.0 Å². The average Bonchev–Trinajstić information content (AvgIpc) is 3.06. The van der Waals surface area contributed by atoms with Gasteiger partial charge in [0.1, 0.15) is 18.0 Å². The summed E-state index contributed by atoms with van der Waals surface area (Å²) < 4.78 is 11.8. The first kappa shape index (κ1) is 21.6. The number of anilines is 1. The van der Waals surface area contributed by atoms with Crippen molar-refractivity contribution in [2.24, 2.45) is 5.41 Å². The van der Waals surface area contributed by atoms with Gasteiger partial charge in [-0.05, 0) is 51.5 Å². The fourth-order valence-corrected chi connectivity index (χ4v) is 3.60. The second-order valence-corrected chi connectivity index (χ2v) is 8.79. The lowest BCUT2D eigenvalue weighted by atomic mass is 9.94. The van der Waals surface area contributed by atoms with Crippen molar-refractivity contribution in [3.05, 3.63) is 59.5 Å². The predicted molar refractivity (Wildman–Crippen MR) is 123 cm³/mol. The van der Waals surface area contributed by atoms with Crippen molar-refractivity contribution in [3.63, 3.8) is 0 Å². The summed E-state index contributed by atoms with van der Waals surface area (Å²) in [6.45, 7) is 7.82. The lowest BCUT2D eigenvalue weighted by Gasteiger charge is -2.22. The van der Waals surface area contributed by atoms with E-state index in [0.717, 1.165) is 22.3 Å². The molecular weight excluding hydrogens is 406 g/mol. The zero-order valence-electron chi connectivity index (χ0n) is 18.9. The summed E-state index contributed by atoms with van der Waals surface area (Å²) >= 11 is 0. The first-order valence-corrected chi connectivity index (χ1v) is 10.5. The number of nitrogens with one attached hydrogen (secondary N) is 1. The average molecular weight is 434 g/mol. The molecule has 1 N–H and O–H groups in total. The Morgan fingerprint density at radius 3 is 2.81 bits per heavy atom. The molecule has 2 aromatic heterocycles. The van der Waals surface area contributed by atoms with Gasteiger partial charge in [0.15, 0.2) is 11.6 Å². The minimum Gasteiger partial charge on any atom is -0.489 e. The van der Waals surface area contributed by atoms with Gasteiger partial charge in [-0.15, -0.1) is 0 Å². The number of fused-ring (bicyclic) bond motifs is 2. The van der Waals surface area contributed by atoms with E-state index in [9.17, 15) is 9.59 Å². The number of rotatable bonds is 4. The van der Waals surface area contributed by atoms with Gasteiger partial charge >= 0.3 is 0 Å². The number of pyridine rings is 1. The molecular formula is C25H27N3O4. The van der Waals surface area contributed by atoms with Crippen molar-refractivity contribution < 1.29 is 18.7 Å². The summed E-state index contributed by atoms with van der Waals surface area (Å²) in [7, 11) is 1.75. The number of likely N-dealkylation sites (N-methyl/N-ethyl adjacent to an activating group) is 1. The highest BCUT2D eigenvalue weighted by molar-refractivity contribution is 5.96. The summed E-state index contributed by atoms with van der Waals surface area (Å²) in [6, 6.07) is 9.38. The Kier molecular flexibility index (Phi) is 5.50. The molecule has 1 atom stereocenters. The Morgan fingerprint density at radius 1 is 1.31 bits per heavy atom. The van der Waals surface area contributed by atoms with Gasteiger partial charge in [-0.2, -0.15) is 0 Å². The van der Waals surface area contributed by atoms with Crippen molar-refractivity contribution in [2.75, 3.05) is 19.0 Å². The van der Waals surface area contributed by atoms with Gasteiger partial charge in [0, 0.05) is 30.3 Å². The van der Waals surface area contributed by atoms with Crippen LogP contribution in [0.25, 0.3) is 17.0 Å². The van der Waals surface area contributed by atoms with Crippen molar-refractivity contribution >= 4 is 34.7 Å². The number of aryl methyl sites for hydroxylation is 1. The molecule has 7 heteroatoms. The van der Waals surface area contributed by atoms with Crippen LogP contribution in [0.4, 0.5) is 5.82 Å². The molecule has 32 heavy (non-hydrogen) atoms. The maximum Gasteiger partial charge on any atom is 0.246 e. The van der Waals surface area contributed by atoms with Crippen LogP contribution >= 0.6 is 0 Å². The molecule has 1 unspecified atom stereocenters. The molecule has 1 aliphatic heterocycles. The lowest BCUT2D eigenvalue weighted by Crippen LogP contribution is -2.33.